The molecule has 0 radical (unpaired) electrons. The fourth-order valence-corrected chi connectivity index (χ4v) is 3.63. The van der Waals surface area contributed by atoms with Gasteiger partial charge in [-0.25, -0.2) is 4.39 Å². The average molecular weight is 403 g/mol. The van der Waals surface area contributed by atoms with Crippen molar-refractivity contribution in [2.45, 2.75) is 12.5 Å². The van der Waals surface area contributed by atoms with E-state index in [1.165, 1.54) is 12.1 Å². The van der Waals surface area contributed by atoms with E-state index in [0.717, 1.165) is 6.42 Å². The minimum Gasteiger partial charge on any atom is -0.368 e. The summed E-state index contributed by atoms with van der Waals surface area (Å²) in [5.41, 5.74) is 1.59. The largest absolute Gasteiger partial charge is 0.368 e. The zero-order valence-corrected chi connectivity index (χ0v) is 16.0. The van der Waals surface area contributed by atoms with Gasteiger partial charge in [-0.05, 0) is 35.9 Å². The topological polar surface area (TPSA) is 49.9 Å². The number of carbonyl (C=O) groups excluding carboxylic acids is 2. The van der Waals surface area contributed by atoms with E-state index in [1.807, 2.05) is 0 Å². The fraction of sp³-hybridized carbons (Fsp3) is 0.333. The maximum absolute atomic E-state index is 14.0. The highest BCUT2D eigenvalue weighted by molar-refractivity contribution is 6.30. The average Bonchev–Trinajstić information content (AvgIpc) is 2.68. The van der Waals surface area contributed by atoms with Crippen LogP contribution in [0.3, 0.4) is 0 Å². The Kier molecular flexibility index (Phi) is 5.33. The Morgan fingerprint density at radius 1 is 1.00 bits per heavy atom. The Morgan fingerprint density at radius 2 is 1.64 bits per heavy atom. The Labute approximate surface area is 167 Å². The summed E-state index contributed by atoms with van der Waals surface area (Å²) in [6.45, 7) is 2.64. The second-order valence-corrected chi connectivity index (χ2v) is 7.40. The molecular weight excluding hydrogens is 383 g/mol. The molecule has 1 unspecified atom stereocenters. The number of hydrogen-bond donors (Lipinski definition) is 0. The molecule has 0 bridgehead atoms. The number of benzene rings is 2. The van der Waals surface area contributed by atoms with Crippen molar-refractivity contribution in [2.24, 2.45) is 0 Å². The summed E-state index contributed by atoms with van der Waals surface area (Å²) < 4.78 is 19.3. The van der Waals surface area contributed by atoms with Crippen LogP contribution in [-0.4, -0.2) is 60.5 Å². The summed E-state index contributed by atoms with van der Waals surface area (Å²) in [5.74, 6) is -0.434. The van der Waals surface area contributed by atoms with Crippen LogP contribution < -0.4 is 0 Å². The molecule has 7 heteroatoms. The molecule has 1 atom stereocenters. The van der Waals surface area contributed by atoms with Crippen molar-refractivity contribution in [3.8, 4) is 11.1 Å². The molecule has 2 fully saturated rings. The van der Waals surface area contributed by atoms with E-state index >= 15 is 0 Å². The first-order valence-corrected chi connectivity index (χ1v) is 9.66. The first kappa shape index (κ1) is 18.9. The number of ether oxygens (including phenoxy) is 1. The number of halogens is 2. The Morgan fingerprint density at radius 3 is 2.25 bits per heavy atom. The standard InChI is InChI=1S/C21H20ClFN2O3/c22-16-5-6-18(23)17(13-16)14-1-3-15(4-2-14)20(26)24-8-10-25(11-9-24)21(27)19-7-12-28-19/h1-6,13,19H,7-12H2. The molecule has 28 heavy (non-hydrogen) atoms. The van der Waals surface area contributed by atoms with Crippen molar-refractivity contribution < 1.29 is 18.7 Å². The molecule has 2 aromatic rings. The summed E-state index contributed by atoms with van der Waals surface area (Å²) >= 11 is 5.95. The number of piperazine rings is 1. The minimum absolute atomic E-state index is 0.0197. The highest BCUT2D eigenvalue weighted by Crippen LogP contribution is 2.26. The monoisotopic (exact) mass is 402 g/mol. The van der Waals surface area contributed by atoms with E-state index in [2.05, 4.69) is 0 Å². The van der Waals surface area contributed by atoms with E-state index in [-0.39, 0.29) is 23.7 Å². The zero-order valence-electron chi connectivity index (χ0n) is 15.2. The molecule has 0 saturated carbocycles. The SMILES string of the molecule is O=C(c1ccc(-c2cc(Cl)ccc2F)cc1)N1CCN(C(=O)C2CCO2)CC1. The Bertz CT molecular complexity index is 891. The van der Waals surface area contributed by atoms with Crippen molar-refractivity contribution in [1.29, 1.82) is 0 Å². The summed E-state index contributed by atoms with van der Waals surface area (Å²) in [6, 6.07) is 11.2. The lowest BCUT2D eigenvalue weighted by Crippen LogP contribution is -2.54. The van der Waals surface area contributed by atoms with Gasteiger partial charge in [0.2, 0.25) is 0 Å². The molecule has 2 saturated heterocycles. The number of nitrogens with zero attached hydrogens (tertiary/aromatic N) is 2. The molecule has 2 aromatic carbocycles. The first-order valence-electron chi connectivity index (χ1n) is 9.28. The molecule has 146 valence electrons. The molecule has 0 aromatic heterocycles. The highest BCUT2D eigenvalue weighted by atomic mass is 35.5. The Hall–Kier alpha value is -2.44. The molecule has 4 rings (SSSR count). The van der Waals surface area contributed by atoms with Gasteiger partial charge >= 0.3 is 0 Å². The van der Waals surface area contributed by atoms with Crippen LogP contribution in [0.25, 0.3) is 11.1 Å². The minimum atomic E-state index is -0.361. The first-order chi connectivity index (χ1) is 13.5. The van der Waals surface area contributed by atoms with E-state index in [0.29, 0.717) is 54.5 Å². The second-order valence-electron chi connectivity index (χ2n) is 6.97. The van der Waals surface area contributed by atoms with Crippen molar-refractivity contribution in [2.75, 3.05) is 32.8 Å². The maximum atomic E-state index is 14.0. The van der Waals surface area contributed by atoms with E-state index in [1.54, 1.807) is 40.1 Å². The van der Waals surface area contributed by atoms with Crippen molar-refractivity contribution >= 4 is 23.4 Å². The van der Waals surface area contributed by atoms with E-state index < -0.39 is 0 Å². The van der Waals surface area contributed by atoms with E-state index in [9.17, 15) is 14.0 Å². The fourth-order valence-electron chi connectivity index (χ4n) is 3.46. The Balaban J connectivity index is 1.40. The maximum Gasteiger partial charge on any atom is 0.253 e. The molecule has 2 heterocycles. The van der Waals surface area contributed by atoms with Gasteiger partial charge < -0.3 is 14.5 Å². The third-order valence-corrected chi connectivity index (χ3v) is 5.46. The van der Waals surface area contributed by atoms with Crippen LogP contribution in [0.2, 0.25) is 5.02 Å². The van der Waals surface area contributed by atoms with Crippen LogP contribution in [0.4, 0.5) is 4.39 Å². The van der Waals surface area contributed by atoms with Gasteiger partial charge in [-0.3, -0.25) is 9.59 Å². The quantitative estimate of drug-likeness (QED) is 0.792. The van der Waals surface area contributed by atoms with Crippen LogP contribution in [-0.2, 0) is 9.53 Å². The van der Waals surface area contributed by atoms with Crippen LogP contribution in [0.5, 0.6) is 0 Å². The van der Waals surface area contributed by atoms with Crippen molar-refractivity contribution in [3.63, 3.8) is 0 Å². The highest BCUT2D eigenvalue weighted by Gasteiger charge is 2.33. The summed E-state index contributed by atoms with van der Waals surface area (Å²) in [4.78, 5) is 28.5. The van der Waals surface area contributed by atoms with Crippen LogP contribution in [0, 0.1) is 5.82 Å². The number of hydrogen-bond acceptors (Lipinski definition) is 3. The predicted molar refractivity (Wildman–Crippen MR) is 104 cm³/mol. The second kappa shape index (κ2) is 7.89. The smallest absolute Gasteiger partial charge is 0.253 e. The third-order valence-electron chi connectivity index (χ3n) is 5.22. The molecule has 2 aliphatic rings. The van der Waals surface area contributed by atoms with Gasteiger partial charge in [0, 0.05) is 48.7 Å². The van der Waals surface area contributed by atoms with Crippen LogP contribution in [0.15, 0.2) is 42.5 Å². The lowest BCUT2D eigenvalue weighted by atomic mass is 10.0. The lowest BCUT2D eigenvalue weighted by molar-refractivity contribution is -0.157. The summed E-state index contributed by atoms with van der Waals surface area (Å²) in [5, 5.41) is 0.455. The van der Waals surface area contributed by atoms with Crippen molar-refractivity contribution in [1.82, 2.24) is 9.80 Å². The molecular formula is C21H20ClFN2O3. The third kappa shape index (κ3) is 3.75. The lowest BCUT2D eigenvalue weighted by Gasteiger charge is -2.38. The number of carbonyl (C=O) groups is 2. The van der Waals surface area contributed by atoms with Crippen LogP contribution >= 0.6 is 11.6 Å². The van der Waals surface area contributed by atoms with Gasteiger partial charge in [-0.2, -0.15) is 0 Å². The molecule has 0 aliphatic carbocycles. The van der Waals surface area contributed by atoms with Gasteiger partial charge in [-0.15, -0.1) is 0 Å². The molecule has 5 nitrogen and oxygen atoms in total. The van der Waals surface area contributed by atoms with Gasteiger partial charge in [0.15, 0.2) is 0 Å². The molecule has 2 aliphatic heterocycles. The predicted octanol–water partition coefficient (Wildman–Crippen LogP) is 3.22. The normalized spacial score (nSPS) is 19.3. The molecule has 0 spiro atoms. The molecule has 2 amide bonds. The van der Waals surface area contributed by atoms with Gasteiger partial charge in [0.1, 0.15) is 11.9 Å². The van der Waals surface area contributed by atoms with Gasteiger partial charge in [0.05, 0.1) is 6.61 Å². The summed E-state index contributed by atoms with van der Waals surface area (Å²) in [6.07, 6.45) is 0.471. The van der Waals surface area contributed by atoms with Crippen molar-refractivity contribution in [3.05, 3.63) is 58.9 Å². The number of rotatable bonds is 3. The van der Waals surface area contributed by atoms with E-state index in [4.69, 9.17) is 16.3 Å². The van der Waals surface area contributed by atoms with Crippen LogP contribution in [0.1, 0.15) is 16.8 Å². The molecule has 0 N–H and O–H groups in total. The summed E-state index contributed by atoms with van der Waals surface area (Å²) in [7, 11) is 0. The number of amides is 2. The van der Waals surface area contributed by atoms with Gasteiger partial charge in [-0.1, -0.05) is 23.7 Å². The zero-order chi connectivity index (χ0) is 19.7. The van der Waals surface area contributed by atoms with Gasteiger partial charge in [0.25, 0.3) is 11.8 Å².